The van der Waals surface area contributed by atoms with Gasteiger partial charge in [-0.25, -0.2) is 18.1 Å². The molecule has 0 amide bonds. The molecule has 0 aliphatic rings. The third-order valence-corrected chi connectivity index (χ3v) is 3.25. The van der Waals surface area contributed by atoms with Gasteiger partial charge in [0.15, 0.2) is 5.03 Å². The molecule has 1 heterocycles. The Labute approximate surface area is 99.4 Å². The van der Waals surface area contributed by atoms with Crippen LogP contribution in [0.2, 0.25) is 0 Å². The number of sulfonamides is 1. The lowest BCUT2D eigenvalue weighted by Crippen LogP contribution is -2.28. The molecule has 2 N–H and O–H groups in total. The van der Waals surface area contributed by atoms with Crippen LogP contribution in [0.25, 0.3) is 0 Å². The molecule has 16 heavy (non-hydrogen) atoms. The van der Waals surface area contributed by atoms with Gasteiger partial charge in [-0.1, -0.05) is 0 Å². The van der Waals surface area contributed by atoms with E-state index in [-0.39, 0.29) is 11.6 Å². The van der Waals surface area contributed by atoms with Crippen molar-refractivity contribution in [2.75, 3.05) is 25.6 Å². The Morgan fingerprint density at radius 2 is 2.31 bits per heavy atom. The number of aromatic nitrogens is 2. The summed E-state index contributed by atoms with van der Waals surface area (Å²) in [6.45, 7) is 2.59. The minimum Gasteiger partial charge on any atom is -0.379 e. The maximum absolute atomic E-state index is 11.6. The summed E-state index contributed by atoms with van der Waals surface area (Å²) < 4.78 is 30.6. The van der Waals surface area contributed by atoms with Gasteiger partial charge in [0.05, 0.1) is 19.4 Å². The van der Waals surface area contributed by atoms with Gasteiger partial charge < -0.3 is 9.72 Å². The summed E-state index contributed by atoms with van der Waals surface area (Å²) in [5.41, 5.74) is 0. The second-order valence-electron chi connectivity index (χ2n) is 3.03. The number of hydrogen-bond acceptors (Lipinski definition) is 4. The van der Waals surface area contributed by atoms with E-state index in [0.29, 0.717) is 24.9 Å². The molecule has 92 valence electrons. The Hall–Kier alpha value is -0.630. The van der Waals surface area contributed by atoms with E-state index in [1.807, 2.05) is 0 Å². The molecule has 0 aromatic carbocycles. The van der Waals surface area contributed by atoms with Gasteiger partial charge in [-0.15, -0.1) is 11.6 Å². The Morgan fingerprint density at radius 1 is 1.56 bits per heavy atom. The molecule has 1 aromatic heterocycles. The minimum atomic E-state index is -3.51. The number of ether oxygens (including phenoxy) is 1. The van der Waals surface area contributed by atoms with E-state index in [9.17, 15) is 8.42 Å². The monoisotopic (exact) mass is 267 g/mol. The van der Waals surface area contributed by atoms with Crippen LogP contribution < -0.4 is 4.72 Å². The molecule has 0 aliphatic carbocycles. The summed E-state index contributed by atoms with van der Waals surface area (Å²) in [5, 5.41) is 0.0577. The van der Waals surface area contributed by atoms with Crippen molar-refractivity contribution in [2.24, 2.45) is 0 Å². The highest BCUT2D eigenvalue weighted by Gasteiger charge is 2.15. The van der Waals surface area contributed by atoms with E-state index in [2.05, 4.69) is 14.7 Å². The van der Waals surface area contributed by atoms with Crippen LogP contribution in [-0.2, 0) is 14.8 Å². The van der Waals surface area contributed by atoms with Crippen LogP contribution in [0.1, 0.15) is 5.82 Å². The fourth-order valence-corrected chi connectivity index (χ4v) is 2.11. The Balaban J connectivity index is 2.41. The predicted molar refractivity (Wildman–Crippen MR) is 60.1 cm³/mol. The second-order valence-corrected chi connectivity index (χ2v) is 5.15. The SMILES string of the molecule is Cc1ncc(S(=O)(=O)NCCOCCCl)[nH]1. The van der Waals surface area contributed by atoms with Gasteiger partial charge in [-0.05, 0) is 6.92 Å². The zero-order valence-electron chi connectivity index (χ0n) is 8.86. The van der Waals surface area contributed by atoms with Gasteiger partial charge in [0, 0.05) is 12.4 Å². The number of nitrogens with zero attached hydrogens (tertiary/aromatic N) is 1. The van der Waals surface area contributed by atoms with Crippen molar-refractivity contribution in [1.82, 2.24) is 14.7 Å². The molecule has 0 aliphatic heterocycles. The van der Waals surface area contributed by atoms with E-state index in [1.54, 1.807) is 6.92 Å². The number of H-pyrrole nitrogens is 1. The Bertz CT molecular complexity index is 418. The average Bonchev–Trinajstić information content (AvgIpc) is 2.65. The van der Waals surface area contributed by atoms with Gasteiger partial charge in [0.1, 0.15) is 5.82 Å². The fourth-order valence-electron chi connectivity index (χ4n) is 1.02. The van der Waals surface area contributed by atoms with Crippen LogP contribution in [0.5, 0.6) is 0 Å². The van der Waals surface area contributed by atoms with Crippen LogP contribution in [0, 0.1) is 6.92 Å². The third kappa shape index (κ3) is 4.09. The van der Waals surface area contributed by atoms with Crippen molar-refractivity contribution in [3.8, 4) is 0 Å². The predicted octanol–water partition coefficient (Wildman–Crippen LogP) is 0.252. The van der Waals surface area contributed by atoms with Crippen LogP contribution >= 0.6 is 11.6 Å². The first-order valence-corrected chi connectivity index (χ1v) is 6.73. The van der Waals surface area contributed by atoms with E-state index < -0.39 is 10.0 Å². The second kappa shape index (κ2) is 6.19. The van der Waals surface area contributed by atoms with Crippen molar-refractivity contribution in [3.63, 3.8) is 0 Å². The number of hydrogen-bond donors (Lipinski definition) is 2. The molecular weight excluding hydrogens is 254 g/mol. The summed E-state index contributed by atoms with van der Waals surface area (Å²) in [6, 6.07) is 0. The molecular formula is C8H14ClN3O3S. The number of nitrogens with one attached hydrogen (secondary N) is 2. The highest BCUT2D eigenvalue weighted by molar-refractivity contribution is 7.89. The molecule has 0 bridgehead atoms. The Kier molecular flexibility index (Phi) is 5.20. The number of rotatable bonds is 7. The van der Waals surface area contributed by atoms with Gasteiger partial charge in [-0.3, -0.25) is 0 Å². The van der Waals surface area contributed by atoms with Gasteiger partial charge in [0.25, 0.3) is 10.0 Å². The lowest BCUT2D eigenvalue weighted by atomic mass is 10.7. The number of alkyl halides is 1. The highest BCUT2D eigenvalue weighted by Crippen LogP contribution is 2.03. The zero-order valence-corrected chi connectivity index (χ0v) is 10.4. The van der Waals surface area contributed by atoms with Crippen molar-refractivity contribution in [1.29, 1.82) is 0 Å². The fraction of sp³-hybridized carbons (Fsp3) is 0.625. The average molecular weight is 268 g/mol. The maximum atomic E-state index is 11.6. The molecule has 0 radical (unpaired) electrons. The summed E-state index contributed by atoms with van der Waals surface area (Å²) in [6.07, 6.45) is 1.28. The molecule has 0 fully saturated rings. The largest absolute Gasteiger partial charge is 0.379 e. The third-order valence-electron chi connectivity index (χ3n) is 1.73. The van der Waals surface area contributed by atoms with Crippen LogP contribution in [-0.4, -0.2) is 44.0 Å². The highest BCUT2D eigenvalue weighted by atomic mass is 35.5. The first-order chi connectivity index (χ1) is 7.56. The van der Waals surface area contributed by atoms with Crippen LogP contribution in [0.15, 0.2) is 11.2 Å². The molecule has 1 rings (SSSR count). The zero-order chi connectivity index (χ0) is 12.0. The molecule has 0 unspecified atom stereocenters. The number of halogens is 1. The van der Waals surface area contributed by atoms with E-state index in [4.69, 9.17) is 16.3 Å². The summed E-state index contributed by atoms with van der Waals surface area (Å²) in [7, 11) is -3.51. The van der Waals surface area contributed by atoms with Gasteiger partial charge >= 0.3 is 0 Å². The number of aromatic amines is 1. The van der Waals surface area contributed by atoms with E-state index in [1.165, 1.54) is 6.20 Å². The molecule has 1 aromatic rings. The lowest BCUT2D eigenvalue weighted by Gasteiger charge is -2.04. The number of aryl methyl sites for hydroxylation is 1. The van der Waals surface area contributed by atoms with Crippen LogP contribution in [0.3, 0.4) is 0 Å². The summed E-state index contributed by atoms with van der Waals surface area (Å²) in [4.78, 5) is 6.46. The topological polar surface area (TPSA) is 84.1 Å². The molecule has 0 spiro atoms. The van der Waals surface area contributed by atoms with Crippen molar-refractivity contribution >= 4 is 21.6 Å². The van der Waals surface area contributed by atoms with Crippen molar-refractivity contribution in [2.45, 2.75) is 11.9 Å². The first-order valence-electron chi connectivity index (χ1n) is 4.71. The molecule has 0 saturated heterocycles. The quantitative estimate of drug-likeness (QED) is 0.548. The molecule has 6 nitrogen and oxygen atoms in total. The summed E-state index contributed by atoms with van der Waals surface area (Å²) in [5.74, 6) is 0.950. The maximum Gasteiger partial charge on any atom is 0.257 e. The first kappa shape index (κ1) is 13.4. The van der Waals surface area contributed by atoms with E-state index >= 15 is 0 Å². The number of imidazole rings is 1. The molecule has 0 atom stereocenters. The standard InChI is InChI=1S/C8H14ClN3O3S/c1-7-10-6-8(12-7)16(13,14)11-3-5-15-4-2-9/h6,11H,2-5H2,1H3,(H,10,12). The van der Waals surface area contributed by atoms with Gasteiger partial charge in [0.2, 0.25) is 0 Å². The lowest BCUT2D eigenvalue weighted by molar-refractivity contribution is 0.155. The normalized spacial score (nSPS) is 11.9. The van der Waals surface area contributed by atoms with Crippen LogP contribution in [0.4, 0.5) is 0 Å². The molecule has 8 heteroatoms. The van der Waals surface area contributed by atoms with E-state index in [0.717, 1.165) is 0 Å². The summed E-state index contributed by atoms with van der Waals surface area (Å²) >= 11 is 5.39. The van der Waals surface area contributed by atoms with Gasteiger partial charge in [-0.2, -0.15) is 0 Å². The smallest absolute Gasteiger partial charge is 0.257 e. The minimum absolute atomic E-state index is 0.0577. The Morgan fingerprint density at radius 3 is 2.88 bits per heavy atom. The molecule has 0 saturated carbocycles. The van der Waals surface area contributed by atoms with Crippen molar-refractivity contribution in [3.05, 3.63) is 12.0 Å². The van der Waals surface area contributed by atoms with Crippen molar-refractivity contribution < 1.29 is 13.2 Å².